The SMILES string of the molecule is CSCC[C@H](NC(=O)[C@H](CCCCN)NC(=O)[C@@H](N)CCSC)C(=O)O. The standard InChI is InChI=1S/C16H32N4O4S2/c1-25-9-6-11(18)14(21)19-12(5-3-4-8-17)15(22)20-13(16(23)24)7-10-26-2/h11-13H,3-10,17-18H2,1-2H3,(H,19,21)(H,20,22)(H,23,24)/t11-,12-,13-/m0/s1. The van der Waals surface area contributed by atoms with Crippen LogP contribution < -0.4 is 22.1 Å². The van der Waals surface area contributed by atoms with Gasteiger partial charge in [-0.15, -0.1) is 0 Å². The molecule has 7 N–H and O–H groups in total. The highest BCUT2D eigenvalue weighted by Crippen LogP contribution is 2.06. The van der Waals surface area contributed by atoms with E-state index in [0.717, 1.165) is 5.75 Å². The molecule has 152 valence electrons. The van der Waals surface area contributed by atoms with Crippen LogP contribution in [0.5, 0.6) is 0 Å². The van der Waals surface area contributed by atoms with E-state index in [0.29, 0.717) is 44.4 Å². The van der Waals surface area contributed by atoms with Crippen LogP contribution in [0.2, 0.25) is 0 Å². The topological polar surface area (TPSA) is 148 Å². The Bertz CT molecular complexity index is 440. The number of thioether (sulfide) groups is 2. The lowest BCUT2D eigenvalue weighted by Gasteiger charge is -2.23. The third-order valence-electron chi connectivity index (χ3n) is 3.77. The number of amides is 2. The number of carbonyl (C=O) groups is 3. The number of carboxylic acid groups (broad SMARTS) is 1. The monoisotopic (exact) mass is 408 g/mol. The van der Waals surface area contributed by atoms with Crippen LogP contribution in [0.4, 0.5) is 0 Å². The maximum Gasteiger partial charge on any atom is 0.326 e. The summed E-state index contributed by atoms with van der Waals surface area (Å²) in [5.74, 6) is -0.630. The second kappa shape index (κ2) is 15.1. The molecule has 0 bridgehead atoms. The summed E-state index contributed by atoms with van der Waals surface area (Å²) in [4.78, 5) is 36.1. The van der Waals surface area contributed by atoms with Crippen LogP contribution in [0.25, 0.3) is 0 Å². The number of carboxylic acids is 1. The number of nitrogens with one attached hydrogen (secondary N) is 2. The van der Waals surface area contributed by atoms with Gasteiger partial charge in [-0.25, -0.2) is 4.79 Å². The van der Waals surface area contributed by atoms with Crippen molar-refractivity contribution in [3.8, 4) is 0 Å². The van der Waals surface area contributed by atoms with Gasteiger partial charge in [0.25, 0.3) is 0 Å². The van der Waals surface area contributed by atoms with Crippen LogP contribution in [0, 0.1) is 0 Å². The third kappa shape index (κ3) is 10.9. The second-order valence-electron chi connectivity index (χ2n) is 5.91. The highest BCUT2D eigenvalue weighted by atomic mass is 32.2. The average molecular weight is 409 g/mol. The lowest BCUT2D eigenvalue weighted by molar-refractivity contribution is -0.142. The molecular formula is C16H32N4O4S2. The molecular weight excluding hydrogens is 376 g/mol. The molecule has 26 heavy (non-hydrogen) atoms. The molecule has 0 radical (unpaired) electrons. The number of carbonyl (C=O) groups excluding carboxylic acids is 2. The Morgan fingerprint density at radius 2 is 1.50 bits per heavy atom. The molecule has 8 nitrogen and oxygen atoms in total. The van der Waals surface area contributed by atoms with Gasteiger partial charge in [-0.1, -0.05) is 0 Å². The van der Waals surface area contributed by atoms with Gasteiger partial charge in [0, 0.05) is 0 Å². The number of nitrogens with two attached hydrogens (primary N) is 2. The first-order valence-corrected chi connectivity index (χ1v) is 11.4. The van der Waals surface area contributed by atoms with Crippen LogP contribution in [-0.4, -0.2) is 71.6 Å². The second-order valence-corrected chi connectivity index (χ2v) is 7.89. The maximum atomic E-state index is 12.5. The highest BCUT2D eigenvalue weighted by molar-refractivity contribution is 7.98. The molecule has 0 rings (SSSR count). The largest absolute Gasteiger partial charge is 0.480 e. The molecule has 0 saturated heterocycles. The zero-order valence-electron chi connectivity index (χ0n) is 15.5. The smallest absolute Gasteiger partial charge is 0.326 e. The molecule has 0 aromatic carbocycles. The summed E-state index contributed by atoms with van der Waals surface area (Å²) >= 11 is 3.09. The quantitative estimate of drug-likeness (QED) is 0.238. The van der Waals surface area contributed by atoms with Gasteiger partial charge in [-0.2, -0.15) is 23.5 Å². The fraction of sp³-hybridized carbons (Fsp3) is 0.812. The van der Waals surface area contributed by atoms with Crippen molar-refractivity contribution in [3.05, 3.63) is 0 Å². The number of rotatable bonds is 15. The molecule has 0 spiro atoms. The predicted molar refractivity (Wildman–Crippen MR) is 108 cm³/mol. The lowest BCUT2D eigenvalue weighted by Crippen LogP contribution is -2.54. The van der Waals surface area contributed by atoms with Crippen LogP contribution in [0.15, 0.2) is 0 Å². The zero-order valence-corrected chi connectivity index (χ0v) is 17.2. The first-order valence-electron chi connectivity index (χ1n) is 8.64. The number of hydrogen-bond donors (Lipinski definition) is 5. The zero-order chi connectivity index (χ0) is 19.9. The molecule has 0 unspecified atom stereocenters. The summed E-state index contributed by atoms with van der Waals surface area (Å²) in [7, 11) is 0. The van der Waals surface area contributed by atoms with E-state index in [2.05, 4.69) is 10.6 Å². The minimum absolute atomic E-state index is 0.318. The van der Waals surface area contributed by atoms with Gasteiger partial charge in [0.1, 0.15) is 12.1 Å². The summed E-state index contributed by atoms with van der Waals surface area (Å²) in [6, 6.07) is -2.49. The Hall–Kier alpha value is -0.970. The summed E-state index contributed by atoms with van der Waals surface area (Å²) in [6.07, 6.45) is 6.37. The van der Waals surface area contributed by atoms with Crippen LogP contribution in [0.1, 0.15) is 32.1 Å². The molecule has 10 heteroatoms. The first-order chi connectivity index (χ1) is 12.4. The van der Waals surface area contributed by atoms with Gasteiger partial charge in [-0.3, -0.25) is 9.59 Å². The van der Waals surface area contributed by atoms with Gasteiger partial charge in [0.15, 0.2) is 0 Å². The van der Waals surface area contributed by atoms with E-state index in [1.165, 1.54) is 11.8 Å². The average Bonchev–Trinajstić information content (AvgIpc) is 2.61. The van der Waals surface area contributed by atoms with E-state index < -0.39 is 35.9 Å². The third-order valence-corrected chi connectivity index (χ3v) is 5.06. The van der Waals surface area contributed by atoms with Gasteiger partial charge in [0.05, 0.1) is 6.04 Å². The summed E-state index contributed by atoms with van der Waals surface area (Å²) < 4.78 is 0. The van der Waals surface area contributed by atoms with Crippen molar-refractivity contribution in [2.45, 2.75) is 50.2 Å². The Balaban J connectivity index is 4.88. The Labute approximate surface area is 164 Å². The molecule has 0 fully saturated rings. The summed E-state index contributed by atoms with van der Waals surface area (Å²) in [5.41, 5.74) is 11.3. The van der Waals surface area contributed by atoms with Crippen molar-refractivity contribution in [2.75, 3.05) is 30.6 Å². The highest BCUT2D eigenvalue weighted by Gasteiger charge is 2.27. The van der Waals surface area contributed by atoms with Gasteiger partial charge in [0.2, 0.25) is 11.8 Å². The Kier molecular flexibility index (Phi) is 14.6. The number of hydrogen-bond acceptors (Lipinski definition) is 7. The van der Waals surface area contributed by atoms with Crippen molar-refractivity contribution in [1.29, 1.82) is 0 Å². The minimum Gasteiger partial charge on any atom is -0.480 e. The molecule has 0 aliphatic carbocycles. The molecule has 0 heterocycles. The van der Waals surface area contributed by atoms with Gasteiger partial charge in [-0.05, 0) is 62.7 Å². The van der Waals surface area contributed by atoms with Crippen LogP contribution in [0.3, 0.4) is 0 Å². The van der Waals surface area contributed by atoms with E-state index in [4.69, 9.17) is 11.5 Å². The Morgan fingerprint density at radius 3 is 2.04 bits per heavy atom. The molecule has 0 aromatic rings. The van der Waals surface area contributed by atoms with Crippen molar-refractivity contribution < 1.29 is 19.5 Å². The van der Waals surface area contributed by atoms with Crippen molar-refractivity contribution in [3.63, 3.8) is 0 Å². The minimum atomic E-state index is -1.09. The van der Waals surface area contributed by atoms with Crippen molar-refractivity contribution >= 4 is 41.3 Å². The van der Waals surface area contributed by atoms with E-state index in [9.17, 15) is 19.5 Å². The maximum absolute atomic E-state index is 12.5. The van der Waals surface area contributed by atoms with Crippen molar-refractivity contribution in [2.24, 2.45) is 11.5 Å². The lowest BCUT2D eigenvalue weighted by atomic mass is 10.1. The fourth-order valence-electron chi connectivity index (χ4n) is 2.18. The normalized spacial score (nSPS) is 14.3. The summed E-state index contributed by atoms with van der Waals surface area (Å²) in [6.45, 7) is 0.487. The molecule has 0 aliphatic heterocycles. The van der Waals surface area contributed by atoms with Gasteiger partial charge >= 0.3 is 5.97 Å². The fourth-order valence-corrected chi connectivity index (χ4v) is 3.14. The number of unbranched alkanes of at least 4 members (excludes halogenated alkanes) is 1. The molecule has 0 saturated carbocycles. The molecule has 2 amide bonds. The molecule has 3 atom stereocenters. The Morgan fingerprint density at radius 1 is 0.923 bits per heavy atom. The first kappa shape index (κ1) is 25.0. The van der Waals surface area contributed by atoms with Crippen LogP contribution >= 0.6 is 23.5 Å². The van der Waals surface area contributed by atoms with Crippen LogP contribution in [-0.2, 0) is 14.4 Å². The van der Waals surface area contributed by atoms with E-state index in [1.54, 1.807) is 11.8 Å². The van der Waals surface area contributed by atoms with E-state index >= 15 is 0 Å². The number of aliphatic carboxylic acids is 1. The van der Waals surface area contributed by atoms with E-state index in [1.807, 2.05) is 12.5 Å². The summed E-state index contributed by atoms with van der Waals surface area (Å²) in [5, 5.41) is 14.4. The molecule has 0 aromatic heterocycles. The molecule has 0 aliphatic rings. The van der Waals surface area contributed by atoms with Crippen molar-refractivity contribution in [1.82, 2.24) is 10.6 Å². The predicted octanol–water partition coefficient (Wildman–Crippen LogP) is 0.00310. The van der Waals surface area contributed by atoms with E-state index in [-0.39, 0.29) is 0 Å². The van der Waals surface area contributed by atoms with Gasteiger partial charge < -0.3 is 27.2 Å².